The average Bonchev–Trinajstić information content (AvgIpc) is 2.72. The summed E-state index contributed by atoms with van der Waals surface area (Å²) in [5.74, 6) is 3.57. The van der Waals surface area contributed by atoms with Crippen molar-refractivity contribution in [3.8, 4) is 0 Å². The highest BCUT2D eigenvalue weighted by Crippen LogP contribution is 2.59. The molecule has 70 valence electrons. The second-order valence-corrected chi connectivity index (χ2v) is 4.94. The SMILES string of the molecule is O=C=NC1CC2CC1C1CCCC21. The maximum absolute atomic E-state index is 10.2. The molecule has 2 heteroatoms. The van der Waals surface area contributed by atoms with Gasteiger partial charge in [-0.05, 0) is 49.4 Å². The lowest BCUT2D eigenvalue weighted by Crippen LogP contribution is -2.26. The first kappa shape index (κ1) is 7.75. The molecule has 0 aromatic heterocycles. The molecule has 0 aliphatic heterocycles. The van der Waals surface area contributed by atoms with Gasteiger partial charge in [0.05, 0.1) is 6.04 Å². The van der Waals surface area contributed by atoms with Crippen molar-refractivity contribution in [3.63, 3.8) is 0 Å². The fourth-order valence-corrected chi connectivity index (χ4v) is 4.25. The molecule has 0 aromatic carbocycles. The van der Waals surface area contributed by atoms with Crippen LogP contribution in [-0.2, 0) is 4.79 Å². The van der Waals surface area contributed by atoms with E-state index in [1.165, 1.54) is 32.1 Å². The van der Waals surface area contributed by atoms with Crippen molar-refractivity contribution in [2.75, 3.05) is 0 Å². The van der Waals surface area contributed by atoms with Crippen LogP contribution in [0.2, 0.25) is 0 Å². The van der Waals surface area contributed by atoms with Crippen LogP contribution in [0.1, 0.15) is 32.1 Å². The summed E-state index contributed by atoms with van der Waals surface area (Å²) in [5, 5.41) is 0. The Morgan fingerprint density at radius 3 is 2.77 bits per heavy atom. The van der Waals surface area contributed by atoms with Gasteiger partial charge in [0.25, 0.3) is 0 Å². The summed E-state index contributed by atoms with van der Waals surface area (Å²) in [4.78, 5) is 14.2. The Bertz CT molecular complexity index is 269. The Hall–Kier alpha value is -0.620. The van der Waals surface area contributed by atoms with E-state index in [0.29, 0.717) is 6.04 Å². The molecule has 5 atom stereocenters. The molecular formula is C11H15NO. The van der Waals surface area contributed by atoms with Crippen LogP contribution in [0.15, 0.2) is 4.99 Å². The Morgan fingerprint density at radius 1 is 1.08 bits per heavy atom. The van der Waals surface area contributed by atoms with Crippen LogP contribution in [0, 0.1) is 23.7 Å². The smallest absolute Gasteiger partial charge is 0.211 e. The summed E-state index contributed by atoms with van der Waals surface area (Å²) in [5.41, 5.74) is 0. The molecule has 3 rings (SSSR count). The Labute approximate surface area is 78.4 Å². The van der Waals surface area contributed by atoms with Gasteiger partial charge in [-0.25, -0.2) is 9.79 Å². The summed E-state index contributed by atoms with van der Waals surface area (Å²) in [6.45, 7) is 0. The van der Waals surface area contributed by atoms with E-state index in [0.717, 1.165) is 23.7 Å². The zero-order valence-corrected chi connectivity index (χ0v) is 7.78. The molecule has 3 fully saturated rings. The molecule has 2 bridgehead atoms. The van der Waals surface area contributed by atoms with Crippen LogP contribution in [0.5, 0.6) is 0 Å². The van der Waals surface area contributed by atoms with Gasteiger partial charge >= 0.3 is 0 Å². The van der Waals surface area contributed by atoms with E-state index in [4.69, 9.17) is 0 Å². The summed E-state index contributed by atoms with van der Waals surface area (Å²) < 4.78 is 0. The van der Waals surface area contributed by atoms with Gasteiger partial charge in [0.2, 0.25) is 6.08 Å². The molecule has 0 amide bonds. The average molecular weight is 177 g/mol. The third-order valence-corrected chi connectivity index (χ3v) is 4.61. The molecule has 3 aliphatic rings. The van der Waals surface area contributed by atoms with Crippen LogP contribution in [0.25, 0.3) is 0 Å². The summed E-state index contributed by atoms with van der Waals surface area (Å²) in [7, 11) is 0. The molecule has 0 saturated heterocycles. The van der Waals surface area contributed by atoms with E-state index < -0.39 is 0 Å². The summed E-state index contributed by atoms with van der Waals surface area (Å²) >= 11 is 0. The van der Waals surface area contributed by atoms with E-state index in [9.17, 15) is 4.79 Å². The van der Waals surface area contributed by atoms with Gasteiger partial charge in [-0.1, -0.05) is 6.42 Å². The molecule has 5 unspecified atom stereocenters. The molecule has 0 heterocycles. The van der Waals surface area contributed by atoms with Gasteiger partial charge in [-0.2, -0.15) is 0 Å². The number of fused-ring (bicyclic) bond motifs is 5. The van der Waals surface area contributed by atoms with Gasteiger partial charge in [0, 0.05) is 0 Å². The maximum atomic E-state index is 10.2. The molecule has 0 aromatic rings. The highest BCUT2D eigenvalue weighted by molar-refractivity contribution is 5.34. The monoisotopic (exact) mass is 177 g/mol. The topological polar surface area (TPSA) is 29.4 Å². The van der Waals surface area contributed by atoms with Gasteiger partial charge in [-0.3, -0.25) is 0 Å². The number of aliphatic imine (C=N–C) groups is 1. The van der Waals surface area contributed by atoms with Gasteiger partial charge in [0.15, 0.2) is 0 Å². The van der Waals surface area contributed by atoms with Crippen LogP contribution in [0.4, 0.5) is 0 Å². The number of rotatable bonds is 1. The highest BCUT2D eigenvalue weighted by Gasteiger charge is 2.53. The number of nitrogens with zero attached hydrogens (tertiary/aromatic N) is 1. The third-order valence-electron chi connectivity index (χ3n) is 4.61. The zero-order chi connectivity index (χ0) is 8.84. The molecule has 0 radical (unpaired) electrons. The first-order valence-corrected chi connectivity index (χ1v) is 5.47. The minimum absolute atomic E-state index is 0.349. The minimum atomic E-state index is 0.349. The van der Waals surface area contributed by atoms with Crippen LogP contribution in [-0.4, -0.2) is 12.1 Å². The van der Waals surface area contributed by atoms with Crippen molar-refractivity contribution in [1.82, 2.24) is 0 Å². The second-order valence-electron chi connectivity index (χ2n) is 4.94. The predicted octanol–water partition coefficient (Wildman–Crippen LogP) is 2.15. The molecule has 0 N–H and O–H groups in total. The number of isocyanates is 1. The van der Waals surface area contributed by atoms with Crippen molar-refractivity contribution in [1.29, 1.82) is 0 Å². The van der Waals surface area contributed by atoms with E-state index in [1.54, 1.807) is 6.08 Å². The number of carbonyl (C=O) groups excluding carboxylic acids is 1. The van der Waals surface area contributed by atoms with Crippen molar-refractivity contribution in [3.05, 3.63) is 0 Å². The Kier molecular flexibility index (Phi) is 1.60. The molecule has 13 heavy (non-hydrogen) atoms. The first-order valence-electron chi connectivity index (χ1n) is 5.47. The Morgan fingerprint density at radius 2 is 1.92 bits per heavy atom. The molecule has 0 spiro atoms. The predicted molar refractivity (Wildman–Crippen MR) is 49.0 cm³/mol. The van der Waals surface area contributed by atoms with Crippen LogP contribution in [0.3, 0.4) is 0 Å². The second kappa shape index (κ2) is 2.68. The lowest BCUT2D eigenvalue weighted by Gasteiger charge is -2.28. The molecular weight excluding hydrogens is 162 g/mol. The van der Waals surface area contributed by atoms with E-state index in [1.807, 2.05) is 0 Å². The largest absolute Gasteiger partial charge is 0.235 e. The summed E-state index contributed by atoms with van der Waals surface area (Å²) in [6, 6.07) is 0.349. The lowest BCUT2D eigenvalue weighted by atomic mass is 9.79. The van der Waals surface area contributed by atoms with Crippen LogP contribution >= 0.6 is 0 Å². The number of hydrogen-bond acceptors (Lipinski definition) is 2. The van der Waals surface area contributed by atoms with E-state index in [2.05, 4.69) is 4.99 Å². The molecule has 3 aliphatic carbocycles. The van der Waals surface area contributed by atoms with Gasteiger partial charge in [-0.15, -0.1) is 0 Å². The quantitative estimate of drug-likeness (QED) is 0.445. The van der Waals surface area contributed by atoms with E-state index in [-0.39, 0.29) is 0 Å². The lowest BCUT2D eigenvalue weighted by molar-refractivity contribution is 0.234. The Balaban J connectivity index is 1.85. The third kappa shape index (κ3) is 0.955. The number of hydrogen-bond donors (Lipinski definition) is 0. The maximum Gasteiger partial charge on any atom is 0.235 e. The van der Waals surface area contributed by atoms with Crippen molar-refractivity contribution in [2.45, 2.75) is 38.1 Å². The molecule has 3 saturated carbocycles. The van der Waals surface area contributed by atoms with Crippen molar-refractivity contribution >= 4 is 6.08 Å². The standard InChI is InChI=1S/C11H15NO/c13-6-12-11-5-7-4-10(11)9-3-1-2-8(7)9/h7-11H,1-5H2. The van der Waals surface area contributed by atoms with Gasteiger partial charge in [0.1, 0.15) is 0 Å². The normalized spacial score (nSPS) is 51.8. The zero-order valence-electron chi connectivity index (χ0n) is 7.78. The van der Waals surface area contributed by atoms with Gasteiger partial charge < -0.3 is 0 Å². The minimum Gasteiger partial charge on any atom is -0.211 e. The summed E-state index contributed by atoms with van der Waals surface area (Å²) in [6.07, 6.45) is 8.55. The van der Waals surface area contributed by atoms with Crippen molar-refractivity contribution < 1.29 is 4.79 Å². The van der Waals surface area contributed by atoms with Crippen LogP contribution < -0.4 is 0 Å². The highest BCUT2D eigenvalue weighted by atomic mass is 16.1. The van der Waals surface area contributed by atoms with Crippen molar-refractivity contribution in [2.24, 2.45) is 28.7 Å². The fourth-order valence-electron chi connectivity index (χ4n) is 4.25. The molecule has 2 nitrogen and oxygen atoms in total. The van der Waals surface area contributed by atoms with E-state index >= 15 is 0 Å². The first-order chi connectivity index (χ1) is 6.40. The fraction of sp³-hybridized carbons (Fsp3) is 0.909.